The van der Waals surface area contributed by atoms with E-state index in [2.05, 4.69) is 80.8 Å². The maximum Gasteiger partial charge on any atom is 0.306 e. The number of nitrogens with one attached hydrogen (secondary N) is 1. The molecule has 3 N–H and O–H groups in total. The summed E-state index contributed by atoms with van der Waals surface area (Å²) in [5.41, 5.74) is 0. The van der Waals surface area contributed by atoms with Crippen LogP contribution in [-0.2, 0) is 14.3 Å². The summed E-state index contributed by atoms with van der Waals surface area (Å²) >= 11 is 0. The average Bonchev–Trinajstić information content (AvgIpc) is 3.24. The molecule has 0 heterocycles. The third-order valence-corrected chi connectivity index (χ3v) is 10.8. The Morgan fingerprint density at radius 1 is 0.517 bits per heavy atom. The summed E-state index contributed by atoms with van der Waals surface area (Å²) in [6, 6.07) is -0.721. The van der Waals surface area contributed by atoms with Crippen molar-refractivity contribution in [2.24, 2.45) is 0 Å². The molecule has 3 unspecified atom stereocenters. The Morgan fingerprint density at radius 2 is 0.983 bits per heavy atom. The van der Waals surface area contributed by atoms with Crippen LogP contribution in [0.4, 0.5) is 0 Å². The average molecular weight is 836 g/mol. The van der Waals surface area contributed by atoms with Crippen molar-refractivity contribution in [1.82, 2.24) is 5.32 Å². The van der Waals surface area contributed by atoms with E-state index in [9.17, 15) is 19.8 Å². The highest BCUT2D eigenvalue weighted by Gasteiger charge is 2.24. The fraction of sp³-hybridized carbons (Fsp3) is 0.704. The minimum atomic E-state index is -0.805. The van der Waals surface area contributed by atoms with Gasteiger partial charge in [0.05, 0.1) is 25.2 Å². The van der Waals surface area contributed by atoms with Crippen molar-refractivity contribution in [1.29, 1.82) is 0 Å². The molecule has 0 aliphatic heterocycles. The predicted octanol–water partition coefficient (Wildman–Crippen LogP) is 14.8. The molecule has 0 fully saturated rings. The zero-order chi connectivity index (χ0) is 43.8. The van der Waals surface area contributed by atoms with Crippen molar-refractivity contribution in [3.8, 4) is 0 Å². The Labute approximate surface area is 370 Å². The minimum absolute atomic E-state index is 0.0424. The first-order valence-corrected chi connectivity index (χ1v) is 24.9. The van der Waals surface area contributed by atoms with Crippen LogP contribution in [0.5, 0.6) is 0 Å². The number of ether oxygens (including phenoxy) is 1. The third kappa shape index (κ3) is 41.8. The molecule has 0 aliphatic rings. The molecule has 6 nitrogen and oxygen atoms in total. The lowest BCUT2D eigenvalue weighted by Gasteiger charge is -2.24. The van der Waals surface area contributed by atoms with Gasteiger partial charge in [0.1, 0.15) is 6.10 Å². The van der Waals surface area contributed by atoms with Gasteiger partial charge in [-0.25, -0.2) is 0 Å². The van der Waals surface area contributed by atoms with Crippen LogP contribution in [-0.4, -0.2) is 46.9 Å². The van der Waals surface area contributed by atoms with Crippen molar-refractivity contribution < 1.29 is 24.5 Å². The van der Waals surface area contributed by atoms with Crippen molar-refractivity contribution in [2.75, 3.05) is 6.61 Å². The summed E-state index contributed by atoms with van der Waals surface area (Å²) in [5.74, 6) is -0.548. The minimum Gasteiger partial charge on any atom is -0.462 e. The third-order valence-electron chi connectivity index (χ3n) is 10.8. The van der Waals surface area contributed by atoms with Gasteiger partial charge in [-0.2, -0.15) is 0 Å². The van der Waals surface area contributed by atoms with Crippen molar-refractivity contribution in [3.63, 3.8) is 0 Å². The Hall–Kier alpha value is -2.96. The lowest BCUT2D eigenvalue weighted by molar-refractivity contribution is -0.151. The van der Waals surface area contributed by atoms with Gasteiger partial charge in [-0.15, -0.1) is 0 Å². The standard InChI is InChI=1S/C54H93NO5/c1-4-7-10-13-16-19-22-25-28-30-33-36-39-42-45-50(60-54(59)47-44-41-38-35-32-27-24-21-18-15-12-9-6-3)48-53(58)55-51(49-56)52(57)46-43-40-37-34-31-29-26-23-20-17-14-11-8-5-2/h7,9-10,12,15-16,18-19,21,24-25,27-28,32,50-52,56-57H,4-6,8,11,13-14,17,20,22-23,26,29-31,33-49H2,1-3H3,(H,55,58)/b10-7+,12-9+,18-15+,19-16+,24-21-,28-25+,32-27-. The first-order chi connectivity index (χ1) is 29.5. The first kappa shape index (κ1) is 57.0. The van der Waals surface area contributed by atoms with Crippen LogP contribution in [0.3, 0.4) is 0 Å². The molecule has 3 atom stereocenters. The van der Waals surface area contributed by atoms with Gasteiger partial charge in [-0.3, -0.25) is 9.59 Å². The second kappa shape index (κ2) is 47.1. The molecule has 6 heteroatoms. The van der Waals surface area contributed by atoms with Crippen LogP contribution in [0, 0.1) is 0 Å². The Balaban J connectivity index is 4.68. The van der Waals surface area contributed by atoms with Crippen LogP contribution in [0.25, 0.3) is 0 Å². The number of rotatable bonds is 43. The highest BCUT2D eigenvalue weighted by Crippen LogP contribution is 2.17. The molecule has 1 amide bonds. The molecule has 0 aromatic rings. The highest BCUT2D eigenvalue weighted by molar-refractivity contribution is 5.77. The highest BCUT2D eigenvalue weighted by atomic mass is 16.5. The summed E-state index contributed by atoms with van der Waals surface area (Å²) in [6.45, 7) is 6.21. The van der Waals surface area contributed by atoms with Crippen LogP contribution in [0.15, 0.2) is 85.1 Å². The van der Waals surface area contributed by atoms with E-state index in [0.29, 0.717) is 19.3 Å². The van der Waals surface area contributed by atoms with Crippen LogP contribution >= 0.6 is 0 Å². The van der Waals surface area contributed by atoms with E-state index >= 15 is 0 Å². The molecule has 0 aliphatic carbocycles. The summed E-state index contributed by atoms with van der Waals surface area (Å²) in [7, 11) is 0. The zero-order valence-corrected chi connectivity index (χ0v) is 39.1. The number of carbonyl (C=O) groups excluding carboxylic acids is 2. The Bertz CT molecular complexity index is 1160. The molecule has 0 bridgehead atoms. The molecule has 0 aromatic heterocycles. The number of aliphatic hydroxyl groups excluding tert-OH is 2. The number of aliphatic hydroxyl groups is 2. The molecule has 0 aromatic carbocycles. The smallest absolute Gasteiger partial charge is 0.306 e. The predicted molar refractivity (Wildman–Crippen MR) is 259 cm³/mol. The van der Waals surface area contributed by atoms with Gasteiger partial charge >= 0.3 is 5.97 Å². The molecule has 0 spiro atoms. The summed E-state index contributed by atoms with van der Waals surface area (Å²) in [6.07, 6.45) is 60.7. The zero-order valence-electron chi connectivity index (χ0n) is 39.1. The number of unbranched alkanes of at least 4 members (excludes halogenated alkanes) is 20. The van der Waals surface area contributed by atoms with E-state index in [4.69, 9.17) is 4.74 Å². The Kier molecular flexibility index (Phi) is 44.8. The molecule has 0 saturated carbocycles. The van der Waals surface area contributed by atoms with E-state index in [1.165, 1.54) is 70.6 Å². The monoisotopic (exact) mass is 836 g/mol. The molecular weight excluding hydrogens is 743 g/mol. The number of allylic oxidation sites excluding steroid dienone is 14. The quantitative estimate of drug-likeness (QED) is 0.0246. The topological polar surface area (TPSA) is 95.9 Å². The van der Waals surface area contributed by atoms with Gasteiger partial charge in [0.2, 0.25) is 5.91 Å². The number of hydrogen-bond donors (Lipinski definition) is 3. The van der Waals surface area contributed by atoms with E-state index in [1.54, 1.807) is 0 Å². The van der Waals surface area contributed by atoms with Crippen molar-refractivity contribution in [3.05, 3.63) is 85.1 Å². The number of carbonyl (C=O) groups is 2. The molecule has 60 heavy (non-hydrogen) atoms. The fourth-order valence-electron chi connectivity index (χ4n) is 7.10. The van der Waals surface area contributed by atoms with E-state index in [1.807, 2.05) is 30.4 Å². The number of amides is 1. The van der Waals surface area contributed by atoms with Gasteiger partial charge in [-0.05, 0) is 77.0 Å². The number of hydrogen-bond acceptors (Lipinski definition) is 5. The molecule has 0 radical (unpaired) electrons. The molecule has 344 valence electrons. The maximum absolute atomic E-state index is 13.2. The van der Waals surface area contributed by atoms with E-state index < -0.39 is 18.2 Å². The lowest BCUT2D eigenvalue weighted by atomic mass is 10.0. The summed E-state index contributed by atoms with van der Waals surface area (Å²) in [5, 5.41) is 23.7. The van der Waals surface area contributed by atoms with Crippen molar-refractivity contribution in [2.45, 2.75) is 238 Å². The SMILES string of the molecule is CC/C=C/C=C/C=C\C=C/CCCCCC(=O)OC(CCCCCC/C=C/C/C=C/C/C=C/CC)CC(=O)NC(CO)C(O)CCCCCCCCCCCCCCCC. The Morgan fingerprint density at radius 3 is 1.57 bits per heavy atom. The van der Waals surface area contributed by atoms with Crippen molar-refractivity contribution >= 4 is 11.9 Å². The maximum atomic E-state index is 13.2. The number of esters is 1. The van der Waals surface area contributed by atoms with E-state index in [-0.39, 0.29) is 24.9 Å². The molecule has 0 rings (SSSR count). The summed E-state index contributed by atoms with van der Waals surface area (Å²) in [4.78, 5) is 26.1. The second-order valence-corrected chi connectivity index (χ2v) is 16.5. The molecule has 0 saturated heterocycles. The van der Waals surface area contributed by atoms with Crippen LogP contribution < -0.4 is 5.32 Å². The van der Waals surface area contributed by atoms with Gasteiger partial charge in [0.25, 0.3) is 0 Å². The van der Waals surface area contributed by atoms with Gasteiger partial charge in [-0.1, -0.05) is 215 Å². The van der Waals surface area contributed by atoms with Gasteiger partial charge < -0.3 is 20.3 Å². The normalized spacial score (nSPS) is 14.0. The van der Waals surface area contributed by atoms with Crippen LogP contribution in [0.1, 0.15) is 220 Å². The second-order valence-electron chi connectivity index (χ2n) is 16.5. The van der Waals surface area contributed by atoms with Gasteiger partial charge in [0.15, 0.2) is 0 Å². The first-order valence-electron chi connectivity index (χ1n) is 24.9. The van der Waals surface area contributed by atoms with Gasteiger partial charge in [0, 0.05) is 6.42 Å². The van der Waals surface area contributed by atoms with Crippen LogP contribution in [0.2, 0.25) is 0 Å². The summed E-state index contributed by atoms with van der Waals surface area (Å²) < 4.78 is 5.89. The van der Waals surface area contributed by atoms with E-state index in [0.717, 1.165) is 103 Å². The largest absolute Gasteiger partial charge is 0.462 e. The molecular formula is C54H93NO5. The lowest BCUT2D eigenvalue weighted by Crippen LogP contribution is -2.46. The fourth-order valence-corrected chi connectivity index (χ4v) is 7.10.